The summed E-state index contributed by atoms with van der Waals surface area (Å²) in [5.74, 6) is -1.71. The van der Waals surface area contributed by atoms with Gasteiger partial charge in [0.15, 0.2) is 0 Å². The summed E-state index contributed by atoms with van der Waals surface area (Å²) < 4.78 is 4.86. The molecule has 32 heavy (non-hydrogen) atoms. The van der Waals surface area contributed by atoms with Crippen LogP contribution in [0.1, 0.15) is 57.9 Å². The molecular weight excluding hydrogens is 467 g/mol. The van der Waals surface area contributed by atoms with Crippen LogP contribution < -0.4 is 0 Å². The fourth-order valence-corrected chi connectivity index (χ4v) is 3.96. The molecule has 1 aromatic heterocycles. The first-order chi connectivity index (χ1) is 15.4. The summed E-state index contributed by atoms with van der Waals surface area (Å²) in [6, 6.07) is 13.6. The lowest BCUT2D eigenvalue weighted by atomic mass is 9.94. The SMILES string of the molecule is C1CC1.C1CC1.COC(=O)c1sc(C(=O)O)c(-c2ccc(Cl)cc2)c1-c1ccc(Cl)cc1. The Labute approximate surface area is 201 Å². The summed E-state index contributed by atoms with van der Waals surface area (Å²) in [5.41, 5.74) is 2.26. The average Bonchev–Trinajstić information content (AvgIpc) is 3.69. The molecule has 1 N–H and O–H groups in total. The number of ether oxygens (including phenoxy) is 1. The summed E-state index contributed by atoms with van der Waals surface area (Å²) in [6.07, 6.45) is 9.00. The predicted molar refractivity (Wildman–Crippen MR) is 131 cm³/mol. The van der Waals surface area contributed by atoms with Gasteiger partial charge in [0.05, 0.1) is 7.11 Å². The molecule has 0 unspecified atom stereocenters. The zero-order valence-corrected chi connectivity index (χ0v) is 20.0. The number of carboxylic acids is 1. The molecule has 2 aromatic carbocycles. The van der Waals surface area contributed by atoms with Gasteiger partial charge in [-0.3, -0.25) is 0 Å². The molecular formula is C25H24Cl2O4S. The lowest BCUT2D eigenvalue weighted by molar-refractivity contribution is 0.0606. The van der Waals surface area contributed by atoms with Crippen LogP contribution in [0.3, 0.4) is 0 Å². The quantitative estimate of drug-likeness (QED) is 0.374. The zero-order valence-electron chi connectivity index (χ0n) is 17.7. The number of thiophene rings is 1. The van der Waals surface area contributed by atoms with Crippen molar-refractivity contribution in [2.24, 2.45) is 0 Å². The van der Waals surface area contributed by atoms with E-state index in [0.717, 1.165) is 11.3 Å². The fraction of sp³-hybridized carbons (Fsp3) is 0.280. The maximum absolute atomic E-state index is 12.3. The maximum Gasteiger partial charge on any atom is 0.348 e. The normalized spacial score (nSPS) is 13.1. The Morgan fingerprint density at radius 3 is 1.44 bits per heavy atom. The van der Waals surface area contributed by atoms with Gasteiger partial charge in [0.2, 0.25) is 0 Å². The number of benzene rings is 2. The highest BCUT2D eigenvalue weighted by Crippen LogP contribution is 2.44. The third-order valence-electron chi connectivity index (χ3n) is 4.45. The van der Waals surface area contributed by atoms with Gasteiger partial charge < -0.3 is 9.84 Å². The second-order valence-electron chi connectivity index (χ2n) is 7.44. The summed E-state index contributed by atoms with van der Waals surface area (Å²) in [5, 5.41) is 10.7. The molecule has 0 aliphatic heterocycles. The molecule has 2 fully saturated rings. The van der Waals surface area contributed by atoms with Gasteiger partial charge >= 0.3 is 11.9 Å². The van der Waals surface area contributed by atoms with E-state index >= 15 is 0 Å². The van der Waals surface area contributed by atoms with E-state index in [0.29, 0.717) is 32.3 Å². The molecule has 0 atom stereocenters. The van der Waals surface area contributed by atoms with Crippen molar-refractivity contribution in [1.82, 2.24) is 0 Å². The van der Waals surface area contributed by atoms with Crippen LogP contribution in [0.15, 0.2) is 48.5 Å². The van der Waals surface area contributed by atoms with Gasteiger partial charge in [0, 0.05) is 21.2 Å². The second kappa shape index (κ2) is 11.5. The Kier molecular flexibility index (Phi) is 8.74. The van der Waals surface area contributed by atoms with E-state index in [1.54, 1.807) is 48.5 Å². The molecule has 1 heterocycles. The standard InChI is InChI=1S/C19H12Cl2O4S.2C3H6/c1-25-19(24)17-15(11-4-8-13(21)9-5-11)14(16(26-17)18(22)23)10-2-6-12(20)7-3-10;2*1-2-3-1/h2-9H,1H3,(H,22,23);2*1-3H2. The molecule has 0 spiro atoms. The number of methoxy groups -OCH3 is 1. The monoisotopic (exact) mass is 490 g/mol. The number of hydrogen-bond acceptors (Lipinski definition) is 4. The second-order valence-corrected chi connectivity index (χ2v) is 9.34. The van der Waals surface area contributed by atoms with Crippen LogP contribution in [-0.4, -0.2) is 24.2 Å². The number of carboxylic acid groups (broad SMARTS) is 1. The van der Waals surface area contributed by atoms with E-state index in [4.69, 9.17) is 27.9 Å². The van der Waals surface area contributed by atoms with Gasteiger partial charge in [-0.15, -0.1) is 11.3 Å². The summed E-state index contributed by atoms with van der Waals surface area (Å²) >= 11 is 12.8. The van der Waals surface area contributed by atoms with Crippen LogP contribution in [0.2, 0.25) is 10.0 Å². The molecule has 0 saturated heterocycles. The first-order valence-electron chi connectivity index (χ1n) is 10.4. The molecule has 0 amide bonds. The van der Waals surface area contributed by atoms with Crippen molar-refractivity contribution in [2.45, 2.75) is 38.5 Å². The Balaban J connectivity index is 0.000000414. The number of carbonyl (C=O) groups is 2. The number of hydrogen-bond donors (Lipinski definition) is 1. The Hall–Kier alpha value is -2.34. The molecule has 0 radical (unpaired) electrons. The molecule has 2 aliphatic rings. The highest BCUT2D eigenvalue weighted by molar-refractivity contribution is 7.17. The van der Waals surface area contributed by atoms with E-state index in [1.807, 2.05) is 0 Å². The van der Waals surface area contributed by atoms with Crippen molar-refractivity contribution in [3.63, 3.8) is 0 Å². The number of rotatable bonds is 4. The highest BCUT2D eigenvalue weighted by Gasteiger charge is 2.28. The van der Waals surface area contributed by atoms with Crippen LogP contribution >= 0.6 is 34.5 Å². The Morgan fingerprint density at radius 1 is 0.750 bits per heavy atom. The smallest absolute Gasteiger partial charge is 0.348 e. The molecule has 3 aromatic rings. The maximum atomic E-state index is 12.3. The Bertz CT molecular complexity index is 1060. The van der Waals surface area contributed by atoms with Gasteiger partial charge in [-0.25, -0.2) is 9.59 Å². The van der Waals surface area contributed by atoms with Crippen molar-refractivity contribution in [2.75, 3.05) is 7.11 Å². The van der Waals surface area contributed by atoms with Crippen molar-refractivity contribution >= 4 is 46.5 Å². The van der Waals surface area contributed by atoms with Crippen molar-refractivity contribution < 1.29 is 19.4 Å². The third kappa shape index (κ3) is 6.83. The van der Waals surface area contributed by atoms with Gasteiger partial charge in [0.1, 0.15) is 9.75 Å². The molecule has 0 bridgehead atoms. The fourth-order valence-electron chi connectivity index (χ4n) is 2.60. The van der Waals surface area contributed by atoms with Crippen molar-refractivity contribution in [1.29, 1.82) is 0 Å². The van der Waals surface area contributed by atoms with Crippen molar-refractivity contribution in [3.8, 4) is 22.3 Å². The minimum atomic E-state index is -1.12. The average molecular weight is 491 g/mol. The van der Waals surface area contributed by atoms with E-state index < -0.39 is 11.9 Å². The lowest BCUT2D eigenvalue weighted by Crippen LogP contribution is -2.00. The number of halogens is 2. The molecule has 5 rings (SSSR count). The molecule has 2 aliphatic carbocycles. The van der Waals surface area contributed by atoms with Crippen LogP contribution in [0.25, 0.3) is 22.3 Å². The lowest BCUT2D eigenvalue weighted by Gasteiger charge is -2.09. The molecule has 168 valence electrons. The topological polar surface area (TPSA) is 63.6 Å². The summed E-state index contributed by atoms with van der Waals surface area (Å²) in [7, 11) is 1.26. The molecule has 7 heteroatoms. The number of carbonyl (C=O) groups excluding carboxylic acids is 1. The molecule has 4 nitrogen and oxygen atoms in total. The molecule has 2 saturated carbocycles. The minimum Gasteiger partial charge on any atom is -0.477 e. The van der Waals surface area contributed by atoms with Crippen LogP contribution in [-0.2, 0) is 4.74 Å². The largest absolute Gasteiger partial charge is 0.477 e. The van der Waals surface area contributed by atoms with Crippen LogP contribution in [0, 0.1) is 0 Å². The zero-order chi connectivity index (χ0) is 23.1. The van der Waals surface area contributed by atoms with Crippen molar-refractivity contribution in [3.05, 3.63) is 68.3 Å². The number of esters is 1. The summed E-state index contributed by atoms with van der Waals surface area (Å²) in [6.45, 7) is 0. The van der Waals surface area contributed by atoms with E-state index in [-0.39, 0.29) is 9.75 Å². The predicted octanol–water partition coefficient (Wildman–Crippen LogP) is 8.21. The summed E-state index contributed by atoms with van der Waals surface area (Å²) in [4.78, 5) is 24.4. The minimum absolute atomic E-state index is 0.0534. The van der Waals surface area contributed by atoms with Gasteiger partial charge in [-0.2, -0.15) is 0 Å². The van der Waals surface area contributed by atoms with E-state index in [9.17, 15) is 14.7 Å². The van der Waals surface area contributed by atoms with E-state index in [1.165, 1.54) is 45.6 Å². The third-order valence-corrected chi connectivity index (χ3v) is 6.11. The number of aromatic carboxylic acids is 1. The highest BCUT2D eigenvalue weighted by atomic mass is 35.5. The van der Waals surface area contributed by atoms with Crippen LogP contribution in [0.5, 0.6) is 0 Å². The van der Waals surface area contributed by atoms with Crippen LogP contribution in [0.4, 0.5) is 0 Å². The Morgan fingerprint density at radius 2 is 1.12 bits per heavy atom. The first-order valence-corrected chi connectivity index (χ1v) is 12.0. The van der Waals surface area contributed by atoms with Gasteiger partial charge in [0.25, 0.3) is 0 Å². The van der Waals surface area contributed by atoms with E-state index in [2.05, 4.69) is 0 Å². The van der Waals surface area contributed by atoms with Gasteiger partial charge in [-0.05, 0) is 35.4 Å². The first kappa shape index (κ1) is 24.3. The van der Waals surface area contributed by atoms with Gasteiger partial charge in [-0.1, -0.05) is 86.0 Å².